The number of likely N-dealkylation sites (tertiary alicyclic amines) is 1. The van der Waals surface area contributed by atoms with Crippen LogP contribution >= 0.6 is 15.9 Å². The smallest absolute Gasteiger partial charge is 0.281 e. The number of pyridine rings is 2. The van der Waals surface area contributed by atoms with Crippen molar-refractivity contribution in [2.24, 2.45) is 5.92 Å². The maximum atomic E-state index is 13.1. The minimum absolute atomic E-state index is 0.134. The largest absolute Gasteiger partial charge is 0.336 e. The van der Waals surface area contributed by atoms with Crippen molar-refractivity contribution >= 4 is 45.2 Å². The molecule has 0 radical (unpaired) electrons. The van der Waals surface area contributed by atoms with Crippen LogP contribution in [-0.2, 0) is 9.59 Å². The molecule has 1 fully saturated rings. The number of carbonyl (C=O) groups is 3. The predicted molar refractivity (Wildman–Crippen MR) is 112 cm³/mol. The molecular formula is C20H19BrFN5O3. The molecule has 2 aromatic rings. The predicted octanol–water partition coefficient (Wildman–Crippen LogP) is 3.15. The number of hydrogen-bond donors (Lipinski definition) is 2. The van der Waals surface area contributed by atoms with Gasteiger partial charge in [-0.15, -0.1) is 0 Å². The summed E-state index contributed by atoms with van der Waals surface area (Å²) >= 11 is 3.21. The number of rotatable bonds is 5. The van der Waals surface area contributed by atoms with Crippen LogP contribution in [-0.4, -0.2) is 45.7 Å². The summed E-state index contributed by atoms with van der Waals surface area (Å²) in [6.45, 7) is 3.55. The monoisotopic (exact) mass is 475 g/mol. The van der Waals surface area contributed by atoms with Crippen LogP contribution in [0.2, 0.25) is 0 Å². The van der Waals surface area contributed by atoms with Gasteiger partial charge in [0, 0.05) is 13.1 Å². The van der Waals surface area contributed by atoms with Crippen LogP contribution in [0.4, 0.5) is 15.9 Å². The maximum absolute atomic E-state index is 13.1. The highest BCUT2D eigenvalue weighted by molar-refractivity contribution is 9.10. The fourth-order valence-corrected chi connectivity index (χ4v) is 3.39. The van der Waals surface area contributed by atoms with Crippen LogP contribution in [0.1, 0.15) is 23.3 Å². The van der Waals surface area contributed by atoms with Crippen molar-refractivity contribution < 1.29 is 18.8 Å². The molecule has 1 aliphatic heterocycles. The first kappa shape index (κ1) is 21.6. The first-order valence-electron chi connectivity index (χ1n) is 9.18. The number of amides is 3. The first-order chi connectivity index (χ1) is 14.3. The second-order valence-corrected chi connectivity index (χ2v) is 7.53. The number of anilines is 2. The normalized spacial score (nSPS) is 15.9. The minimum Gasteiger partial charge on any atom is -0.336 e. The molecule has 0 aromatic carbocycles. The Hall–Kier alpha value is -3.14. The molecule has 2 N–H and O–H groups in total. The summed E-state index contributed by atoms with van der Waals surface area (Å²) in [7, 11) is 0. The third-order valence-corrected chi connectivity index (χ3v) is 4.97. The van der Waals surface area contributed by atoms with Gasteiger partial charge in [-0.2, -0.15) is 0 Å². The standard InChI is InChI=1S/C20H19BrFN5O3/c1-12(22)20(30)27-9-3-4-13(11-27)18(28)24-14-7-8-17(23-10-14)26-19(29)15-5-2-6-16(21)25-15/h2,5-8,10,13H,1,3-4,9,11H2,(H,24,28)(H,23,26,29). The van der Waals surface area contributed by atoms with Gasteiger partial charge in [-0.05, 0) is 53.0 Å². The van der Waals surface area contributed by atoms with Crippen molar-refractivity contribution in [1.29, 1.82) is 0 Å². The van der Waals surface area contributed by atoms with Gasteiger partial charge >= 0.3 is 0 Å². The van der Waals surface area contributed by atoms with Crippen molar-refractivity contribution in [3.8, 4) is 0 Å². The Morgan fingerprint density at radius 2 is 2.00 bits per heavy atom. The van der Waals surface area contributed by atoms with Crippen molar-refractivity contribution in [1.82, 2.24) is 14.9 Å². The number of nitrogens with zero attached hydrogens (tertiary/aromatic N) is 3. The van der Waals surface area contributed by atoms with E-state index >= 15 is 0 Å². The second kappa shape index (κ2) is 9.57. The van der Waals surface area contributed by atoms with Crippen molar-refractivity contribution in [3.05, 3.63) is 59.2 Å². The topological polar surface area (TPSA) is 104 Å². The molecule has 3 amide bonds. The van der Waals surface area contributed by atoms with Gasteiger partial charge in [0.2, 0.25) is 5.91 Å². The lowest BCUT2D eigenvalue weighted by Gasteiger charge is -2.31. The lowest BCUT2D eigenvalue weighted by molar-refractivity contribution is -0.132. The van der Waals surface area contributed by atoms with Gasteiger partial charge in [0.05, 0.1) is 17.8 Å². The molecule has 1 unspecified atom stereocenters. The summed E-state index contributed by atoms with van der Waals surface area (Å²) in [4.78, 5) is 45.9. The molecule has 8 nitrogen and oxygen atoms in total. The van der Waals surface area contributed by atoms with Gasteiger partial charge in [-0.25, -0.2) is 14.4 Å². The van der Waals surface area contributed by atoms with Crippen molar-refractivity contribution in [3.63, 3.8) is 0 Å². The zero-order chi connectivity index (χ0) is 21.7. The summed E-state index contributed by atoms with van der Waals surface area (Å²) in [5.41, 5.74) is 0.674. The Kier molecular flexibility index (Phi) is 6.88. The van der Waals surface area contributed by atoms with Gasteiger partial charge in [0.1, 0.15) is 16.1 Å². The number of carbonyl (C=O) groups excluding carboxylic acids is 3. The van der Waals surface area contributed by atoms with E-state index in [4.69, 9.17) is 0 Å². The van der Waals surface area contributed by atoms with Crippen molar-refractivity contribution in [2.45, 2.75) is 12.8 Å². The maximum Gasteiger partial charge on any atom is 0.281 e. The van der Waals surface area contributed by atoms with E-state index in [0.29, 0.717) is 35.5 Å². The summed E-state index contributed by atoms with van der Waals surface area (Å²) < 4.78 is 13.6. The molecule has 0 bridgehead atoms. The van der Waals surface area contributed by atoms with Gasteiger partial charge in [0.25, 0.3) is 11.8 Å². The zero-order valence-corrected chi connectivity index (χ0v) is 17.5. The van der Waals surface area contributed by atoms with Gasteiger partial charge in [-0.1, -0.05) is 12.6 Å². The highest BCUT2D eigenvalue weighted by atomic mass is 79.9. The van der Waals surface area contributed by atoms with Crippen LogP contribution in [0.15, 0.2) is 53.5 Å². The SMILES string of the molecule is C=C(F)C(=O)N1CCCC(C(=O)Nc2ccc(NC(=O)c3cccc(Br)n3)nc2)C1. The Bertz CT molecular complexity index is 983. The second-order valence-electron chi connectivity index (χ2n) is 6.72. The average Bonchev–Trinajstić information content (AvgIpc) is 2.74. The first-order valence-corrected chi connectivity index (χ1v) is 9.97. The molecule has 3 heterocycles. The van der Waals surface area contributed by atoms with Gasteiger partial charge in [-0.3, -0.25) is 14.4 Å². The third-order valence-electron chi connectivity index (χ3n) is 4.53. The number of aromatic nitrogens is 2. The molecule has 10 heteroatoms. The average molecular weight is 476 g/mol. The number of halogens is 2. The summed E-state index contributed by atoms with van der Waals surface area (Å²) in [5, 5.41) is 5.36. The van der Waals surface area contributed by atoms with Crippen LogP contribution in [0.5, 0.6) is 0 Å². The van der Waals surface area contributed by atoms with E-state index in [1.54, 1.807) is 30.3 Å². The summed E-state index contributed by atoms with van der Waals surface area (Å²) in [5.74, 6) is -2.67. The third kappa shape index (κ3) is 5.47. The fourth-order valence-electron chi connectivity index (χ4n) is 3.05. The van der Waals surface area contributed by atoms with Crippen LogP contribution < -0.4 is 10.6 Å². The number of nitrogens with one attached hydrogen (secondary N) is 2. The Morgan fingerprint density at radius 1 is 1.20 bits per heavy atom. The van der Waals surface area contributed by atoms with E-state index in [-0.39, 0.29) is 18.1 Å². The molecule has 1 aliphatic rings. The Balaban J connectivity index is 1.57. The lowest BCUT2D eigenvalue weighted by Crippen LogP contribution is -2.43. The Morgan fingerprint density at radius 3 is 2.67 bits per heavy atom. The van der Waals surface area contributed by atoms with E-state index in [1.165, 1.54) is 11.1 Å². The molecule has 30 heavy (non-hydrogen) atoms. The fraction of sp³-hybridized carbons (Fsp3) is 0.250. The number of hydrogen-bond acceptors (Lipinski definition) is 5. The zero-order valence-electron chi connectivity index (χ0n) is 15.9. The molecule has 0 saturated carbocycles. The van der Waals surface area contributed by atoms with Crippen LogP contribution in [0, 0.1) is 5.92 Å². The summed E-state index contributed by atoms with van der Waals surface area (Å²) in [6.07, 6.45) is 2.61. The molecule has 2 aromatic heterocycles. The highest BCUT2D eigenvalue weighted by Gasteiger charge is 2.29. The Labute approximate surface area is 180 Å². The van der Waals surface area contributed by atoms with Gasteiger partial charge in [0.15, 0.2) is 5.83 Å². The molecule has 1 atom stereocenters. The van der Waals surface area contributed by atoms with E-state index in [0.717, 1.165) is 0 Å². The van der Waals surface area contributed by atoms with Crippen LogP contribution in [0.25, 0.3) is 0 Å². The molecule has 0 aliphatic carbocycles. The van der Waals surface area contributed by atoms with Gasteiger partial charge < -0.3 is 15.5 Å². The molecule has 3 rings (SSSR count). The number of piperidine rings is 1. The van der Waals surface area contributed by atoms with E-state index < -0.39 is 23.6 Å². The van der Waals surface area contributed by atoms with Crippen molar-refractivity contribution in [2.75, 3.05) is 23.7 Å². The molecule has 1 saturated heterocycles. The molecular weight excluding hydrogens is 457 g/mol. The van der Waals surface area contributed by atoms with E-state index in [1.807, 2.05) is 0 Å². The van der Waals surface area contributed by atoms with Crippen LogP contribution in [0.3, 0.4) is 0 Å². The quantitative estimate of drug-likeness (QED) is 0.510. The van der Waals surface area contributed by atoms with E-state index in [9.17, 15) is 18.8 Å². The van der Waals surface area contributed by atoms with E-state index in [2.05, 4.69) is 43.1 Å². The minimum atomic E-state index is -1.03. The molecule has 0 spiro atoms. The molecule has 156 valence electrons. The lowest BCUT2D eigenvalue weighted by atomic mass is 9.97. The summed E-state index contributed by atoms with van der Waals surface area (Å²) in [6, 6.07) is 8.13. The highest BCUT2D eigenvalue weighted by Crippen LogP contribution is 2.20.